The van der Waals surface area contributed by atoms with Gasteiger partial charge in [-0.2, -0.15) is 0 Å². The van der Waals surface area contributed by atoms with Crippen molar-refractivity contribution < 1.29 is 19.1 Å². The number of ether oxygens (including phenoxy) is 2. The van der Waals surface area contributed by atoms with Crippen LogP contribution in [0, 0.1) is 0 Å². The fourth-order valence-corrected chi connectivity index (χ4v) is 7.82. The highest BCUT2D eigenvalue weighted by Crippen LogP contribution is 2.44. The molecule has 0 N–H and O–H groups in total. The van der Waals surface area contributed by atoms with Crippen LogP contribution in [0.4, 0.5) is 0 Å². The highest BCUT2D eigenvalue weighted by Gasteiger charge is 2.50. The summed E-state index contributed by atoms with van der Waals surface area (Å²) in [4.78, 5) is 44.7. The summed E-state index contributed by atoms with van der Waals surface area (Å²) in [5.41, 5.74) is 2.16. The Morgan fingerprint density at radius 2 is 1.97 bits per heavy atom. The molecule has 0 unspecified atom stereocenters. The minimum atomic E-state index is -1.64. The number of thioether (sulfide) groups is 1. The van der Waals surface area contributed by atoms with E-state index in [2.05, 4.69) is 25.7 Å². The first-order chi connectivity index (χ1) is 16.6. The van der Waals surface area contributed by atoms with Crippen LogP contribution in [0.2, 0.25) is 19.6 Å². The van der Waals surface area contributed by atoms with Crippen LogP contribution in [-0.2, 0) is 37.8 Å². The fourth-order valence-electron chi connectivity index (χ4n) is 4.85. The molecule has 0 fully saturated rings. The van der Waals surface area contributed by atoms with Crippen molar-refractivity contribution in [1.29, 1.82) is 0 Å². The topological polar surface area (TPSA) is 87.5 Å². The van der Waals surface area contributed by atoms with Crippen molar-refractivity contribution in [2.24, 2.45) is 0 Å². The molecule has 5 rings (SSSR count). The number of aromatic nitrogens is 2. The van der Waals surface area contributed by atoms with Gasteiger partial charge in [0.15, 0.2) is 0 Å². The molecule has 2 aromatic heterocycles. The lowest BCUT2D eigenvalue weighted by atomic mass is 9.85. The maximum atomic E-state index is 13.7. The number of pyridine rings is 2. The first-order valence-electron chi connectivity index (χ1n) is 11.7. The Kier molecular flexibility index (Phi) is 5.67. The molecular weight excluding hydrogens is 480 g/mol. The summed E-state index contributed by atoms with van der Waals surface area (Å²) in [5, 5.41) is 2.13. The Hall–Kier alpha value is -2.91. The van der Waals surface area contributed by atoms with E-state index in [-0.39, 0.29) is 18.6 Å². The molecule has 0 bridgehead atoms. The molecule has 0 saturated heterocycles. The van der Waals surface area contributed by atoms with Gasteiger partial charge in [0.05, 0.1) is 37.1 Å². The molecule has 9 heteroatoms. The van der Waals surface area contributed by atoms with Crippen molar-refractivity contribution in [3.63, 3.8) is 0 Å². The van der Waals surface area contributed by atoms with E-state index >= 15 is 0 Å². The number of hydrogen-bond donors (Lipinski definition) is 0. The molecule has 4 heterocycles. The van der Waals surface area contributed by atoms with Gasteiger partial charge in [0.2, 0.25) is 5.60 Å². The predicted octanol–water partition coefficient (Wildman–Crippen LogP) is 4.62. The number of para-hydroxylation sites is 1. The van der Waals surface area contributed by atoms with Gasteiger partial charge >= 0.3 is 11.9 Å². The summed E-state index contributed by atoms with van der Waals surface area (Å²) in [6, 6.07) is 9.85. The lowest BCUT2D eigenvalue weighted by Gasteiger charge is -2.35. The van der Waals surface area contributed by atoms with Crippen LogP contribution in [-0.4, -0.2) is 34.9 Å². The van der Waals surface area contributed by atoms with Crippen LogP contribution in [0.15, 0.2) is 40.0 Å². The quantitative estimate of drug-likeness (QED) is 0.221. The van der Waals surface area contributed by atoms with Crippen LogP contribution in [0.25, 0.3) is 22.3 Å². The summed E-state index contributed by atoms with van der Waals surface area (Å²) in [7, 11) is -1.35. The summed E-state index contributed by atoms with van der Waals surface area (Å²) in [6.45, 7) is 10.3. The van der Waals surface area contributed by atoms with E-state index < -0.39 is 25.6 Å². The van der Waals surface area contributed by atoms with E-state index in [4.69, 9.17) is 14.5 Å². The van der Waals surface area contributed by atoms with Crippen molar-refractivity contribution in [3.8, 4) is 11.4 Å². The van der Waals surface area contributed by atoms with E-state index in [1.54, 1.807) is 11.5 Å². The van der Waals surface area contributed by atoms with E-state index in [9.17, 15) is 14.4 Å². The SMILES string of the molecule is CC[C@@]1(OC(C)=O)C(=O)OCc2c1cc1n(c2=O)Cc2c-1nc1ccccc1c2SC[Si](C)(C)C. The number of benzene rings is 1. The second kappa shape index (κ2) is 8.34. The van der Waals surface area contributed by atoms with Gasteiger partial charge in [0, 0.05) is 28.3 Å². The molecule has 3 aromatic rings. The number of esters is 2. The summed E-state index contributed by atoms with van der Waals surface area (Å²) in [6.07, 6.45) is 0.163. The highest BCUT2D eigenvalue weighted by atomic mass is 32.2. The Morgan fingerprint density at radius 1 is 1.23 bits per heavy atom. The van der Waals surface area contributed by atoms with Gasteiger partial charge < -0.3 is 14.0 Å². The minimum absolute atomic E-state index is 0.140. The van der Waals surface area contributed by atoms with E-state index in [1.807, 2.05) is 36.0 Å². The fraction of sp³-hybridized carbons (Fsp3) is 0.385. The number of cyclic esters (lactones) is 1. The van der Waals surface area contributed by atoms with Crippen LogP contribution >= 0.6 is 11.8 Å². The molecule has 0 spiro atoms. The number of fused-ring (bicyclic) bond motifs is 5. The third-order valence-electron chi connectivity index (χ3n) is 6.48. The zero-order chi connectivity index (χ0) is 25.1. The van der Waals surface area contributed by atoms with Gasteiger partial charge in [-0.15, -0.1) is 11.8 Å². The van der Waals surface area contributed by atoms with Crippen molar-refractivity contribution in [2.75, 3.05) is 5.38 Å². The Balaban J connectivity index is 1.76. The van der Waals surface area contributed by atoms with Crippen molar-refractivity contribution in [3.05, 3.63) is 57.4 Å². The Bertz CT molecular complexity index is 1460. The minimum Gasteiger partial charge on any atom is -0.457 e. The van der Waals surface area contributed by atoms with Gasteiger partial charge in [-0.05, 0) is 23.9 Å². The largest absolute Gasteiger partial charge is 0.457 e. The lowest BCUT2D eigenvalue weighted by Crippen LogP contribution is -2.47. The second-order valence-corrected chi connectivity index (χ2v) is 17.3. The molecule has 0 radical (unpaired) electrons. The second-order valence-electron chi connectivity index (χ2n) is 10.3. The molecule has 7 nitrogen and oxygen atoms in total. The van der Waals surface area contributed by atoms with Gasteiger partial charge in [-0.3, -0.25) is 9.59 Å². The predicted molar refractivity (Wildman–Crippen MR) is 138 cm³/mol. The molecule has 0 aliphatic carbocycles. The van der Waals surface area contributed by atoms with E-state index in [1.165, 1.54) is 6.92 Å². The molecule has 0 saturated carbocycles. The maximum absolute atomic E-state index is 13.7. The zero-order valence-electron chi connectivity index (χ0n) is 20.6. The van der Waals surface area contributed by atoms with Crippen LogP contribution < -0.4 is 5.56 Å². The molecule has 2 aliphatic heterocycles. The van der Waals surface area contributed by atoms with Gasteiger partial charge in [-0.25, -0.2) is 9.78 Å². The van der Waals surface area contributed by atoms with Crippen molar-refractivity contribution in [1.82, 2.24) is 9.55 Å². The molecule has 1 aromatic carbocycles. The highest BCUT2D eigenvalue weighted by molar-refractivity contribution is 8.01. The summed E-state index contributed by atoms with van der Waals surface area (Å²) in [5.74, 6) is -1.25. The molecule has 35 heavy (non-hydrogen) atoms. The van der Waals surface area contributed by atoms with Crippen molar-refractivity contribution >= 4 is 42.7 Å². The third-order valence-corrected chi connectivity index (χ3v) is 11.3. The molecule has 2 aliphatic rings. The first kappa shape index (κ1) is 23.8. The Morgan fingerprint density at radius 3 is 2.66 bits per heavy atom. The number of carbonyl (C=O) groups is 2. The van der Waals surface area contributed by atoms with Crippen LogP contribution in [0.1, 0.15) is 37.0 Å². The standard InChI is InChI=1S/C26H28N2O5SSi/c1-6-26(33-15(2)29)19-11-21-22-17(12-28(21)24(30)18(19)13-32-25(26)31)23(34-14-35(3,4)5)16-9-7-8-10-20(16)27-22/h7-11H,6,12-14H2,1-5H3/t26-/m0/s1. The molecular formula is C26H28N2O5SSi. The third kappa shape index (κ3) is 3.81. The maximum Gasteiger partial charge on any atom is 0.355 e. The monoisotopic (exact) mass is 508 g/mol. The molecule has 0 amide bonds. The average Bonchev–Trinajstić information content (AvgIpc) is 3.16. The summed E-state index contributed by atoms with van der Waals surface area (Å²) < 4.78 is 12.6. The number of nitrogens with zero attached hydrogens (tertiary/aromatic N) is 2. The molecule has 1 atom stereocenters. The smallest absolute Gasteiger partial charge is 0.355 e. The average molecular weight is 509 g/mol. The van der Waals surface area contributed by atoms with Crippen LogP contribution in [0.5, 0.6) is 0 Å². The number of rotatable bonds is 5. The normalized spacial score (nSPS) is 18.6. The van der Waals surface area contributed by atoms with Gasteiger partial charge in [-0.1, -0.05) is 44.8 Å². The lowest BCUT2D eigenvalue weighted by molar-refractivity contribution is -0.188. The van der Waals surface area contributed by atoms with Gasteiger partial charge in [0.1, 0.15) is 6.61 Å². The summed E-state index contributed by atoms with van der Waals surface area (Å²) >= 11 is 1.84. The van der Waals surface area contributed by atoms with Crippen molar-refractivity contribution in [2.45, 2.75) is 63.6 Å². The Labute approximate surface area is 208 Å². The van der Waals surface area contributed by atoms with E-state index in [0.29, 0.717) is 23.4 Å². The molecule has 182 valence electrons. The van der Waals surface area contributed by atoms with Gasteiger partial charge in [0.25, 0.3) is 5.56 Å². The van der Waals surface area contributed by atoms with Crippen LogP contribution in [0.3, 0.4) is 0 Å². The first-order valence-corrected chi connectivity index (χ1v) is 16.4. The van der Waals surface area contributed by atoms with E-state index in [0.717, 1.165) is 32.4 Å². The zero-order valence-corrected chi connectivity index (χ0v) is 22.4. The number of carbonyl (C=O) groups excluding carboxylic acids is 2. The number of hydrogen-bond acceptors (Lipinski definition) is 7.